The number of hydrogen-bond donors (Lipinski definition) is 1. The third-order valence-electron chi connectivity index (χ3n) is 4.28. The summed E-state index contributed by atoms with van der Waals surface area (Å²) in [5, 5.41) is 3.31. The van der Waals surface area contributed by atoms with Gasteiger partial charge in [0.1, 0.15) is 11.6 Å². The molecule has 1 aromatic carbocycles. The van der Waals surface area contributed by atoms with Crippen molar-refractivity contribution >= 4 is 11.5 Å². The van der Waals surface area contributed by atoms with Crippen molar-refractivity contribution in [1.29, 1.82) is 0 Å². The summed E-state index contributed by atoms with van der Waals surface area (Å²) in [6, 6.07) is 7.02. The molecular formula is C18H24FN5. The van der Waals surface area contributed by atoms with Gasteiger partial charge in [-0.25, -0.2) is 9.37 Å². The van der Waals surface area contributed by atoms with Gasteiger partial charge in [0.15, 0.2) is 0 Å². The van der Waals surface area contributed by atoms with Crippen LogP contribution in [0.4, 0.5) is 15.9 Å². The Hall–Kier alpha value is -2.21. The van der Waals surface area contributed by atoms with Crippen LogP contribution in [0, 0.1) is 12.7 Å². The molecule has 24 heavy (non-hydrogen) atoms. The number of nitrogens with zero attached hydrogens (tertiary/aromatic N) is 4. The van der Waals surface area contributed by atoms with Crippen molar-refractivity contribution in [1.82, 2.24) is 14.9 Å². The predicted octanol–water partition coefficient (Wildman–Crippen LogP) is 2.55. The molecule has 5 nitrogen and oxygen atoms in total. The second kappa shape index (κ2) is 8.06. The molecular weight excluding hydrogens is 305 g/mol. The van der Waals surface area contributed by atoms with Crippen LogP contribution in [0.25, 0.3) is 0 Å². The molecule has 1 saturated heterocycles. The standard InChI is InChI=1S/C18H24FN5/c1-15-13-20-14-18(22-15)21-7-4-8-23-9-11-24(12-10-23)17-6-3-2-5-16(17)19/h2-3,5-6,13-14H,4,7-12H2,1H3,(H,21,22). The fourth-order valence-electron chi connectivity index (χ4n) is 2.99. The molecule has 2 aromatic rings. The van der Waals surface area contributed by atoms with Crippen molar-refractivity contribution in [3.05, 3.63) is 48.2 Å². The SMILES string of the molecule is Cc1cncc(NCCCN2CCN(c3ccccc3F)CC2)n1. The third kappa shape index (κ3) is 4.41. The molecule has 0 aliphatic carbocycles. The largest absolute Gasteiger partial charge is 0.369 e. The van der Waals surface area contributed by atoms with Gasteiger partial charge in [0.2, 0.25) is 0 Å². The first-order valence-electron chi connectivity index (χ1n) is 8.47. The monoisotopic (exact) mass is 329 g/mol. The molecule has 128 valence electrons. The fourth-order valence-corrected chi connectivity index (χ4v) is 2.99. The average molecular weight is 329 g/mol. The Bertz CT molecular complexity index is 655. The quantitative estimate of drug-likeness (QED) is 0.825. The number of aryl methyl sites for hydroxylation is 1. The van der Waals surface area contributed by atoms with Crippen molar-refractivity contribution in [3.63, 3.8) is 0 Å². The minimum atomic E-state index is -0.130. The van der Waals surface area contributed by atoms with Crippen LogP contribution < -0.4 is 10.2 Å². The van der Waals surface area contributed by atoms with E-state index in [-0.39, 0.29) is 5.82 Å². The van der Waals surface area contributed by atoms with E-state index in [9.17, 15) is 4.39 Å². The Balaban J connectivity index is 1.38. The Kier molecular flexibility index (Phi) is 5.59. The molecule has 6 heteroatoms. The van der Waals surface area contributed by atoms with E-state index in [4.69, 9.17) is 0 Å². The molecule has 0 bridgehead atoms. The first-order chi connectivity index (χ1) is 11.7. The van der Waals surface area contributed by atoms with E-state index < -0.39 is 0 Å². The second-order valence-electron chi connectivity index (χ2n) is 6.11. The topological polar surface area (TPSA) is 44.3 Å². The van der Waals surface area contributed by atoms with Crippen LogP contribution in [0.15, 0.2) is 36.7 Å². The van der Waals surface area contributed by atoms with Crippen LogP contribution >= 0.6 is 0 Å². The number of nitrogens with one attached hydrogen (secondary N) is 1. The van der Waals surface area contributed by atoms with Crippen LogP contribution in [0.1, 0.15) is 12.1 Å². The summed E-state index contributed by atoms with van der Waals surface area (Å²) in [7, 11) is 0. The van der Waals surface area contributed by atoms with Gasteiger partial charge in [0.25, 0.3) is 0 Å². The van der Waals surface area contributed by atoms with Crippen LogP contribution in [0.5, 0.6) is 0 Å². The summed E-state index contributed by atoms with van der Waals surface area (Å²) >= 11 is 0. The Labute approximate surface area is 142 Å². The van der Waals surface area contributed by atoms with Gasteiger partial charge in [-0.3, -0.25) is 9.88 Å². The molecule has 0 amide bonds. The van der Waals surface area contributed by atoms with Crippen molar-refractivity contribution in [2.24, 2.45) is 0 Å². The molecule has 0 radical (unpaired) electrons. The highest BCUT2D eigenvalue weighted by Crippen LogP contribution is 2.20. The van der Waals surface area contributed by atoms with E-state index in [1.54, 1.807) is 18.5 Å². The number of hydrogen-bond acceptors (Lipinski definition) is 5. The summed E-state index contributed by atoms with van der Waals surface area (Å²) in [5.41, 5.74) is 1.64. The van der Waals surface area contributed by atoms with E-state index in [1.165, 1.54) is 6.07 Å². The summed E-state index contributed by atoms with van der Waals surface area (Å²) in [4.78, 5) is 13.1. The lowest BCUT2D eigenvalue weighted by molar-refractivity contribution is 0.256. The third-order valence-corrected chi connectivity index (χ3v) is 4.28. The van der Waals surface area contributed by atoms with Crippen molar-refractivity contribution < 1.29 is 4.39 Å². The highest BCUT2D eigenvalue weighted by molar-refractivity contribution is 5.48. The van der Waals surface area contributed by atoms with Crippen LogP contribution in [0.2, 0.25) is 0 Å². The number of para-hydroxylation sites is 1. The van der Waals surface area contributed by atoms with E-state index in [2.05, 4.69) is 25.1 Å². The van der Waals surface area contributed by atoms with Crippen LogP contribution in [-0.4, -0.2) is 54.1 Å². The maximum absolute atomic E-state index is 13.8. The molecule has 1 fully saturated rings. The van der Waals surface area contributed by atoms with Gasteiger partial charge in [-0.1, -0.05) is 12.1 Å². The van der Waals surface area contributed by atoms with Gasteiger partial charge in [-0.15, -0.1) is 0 Å². The normalized spacial score (nSPS) is 15.5. The lowest BCUT2D eigenvalue weighted by atomic mass is 10.2. The second-order valence-corrected chi connectivity index (χ2v) is 6.11. The zero-order chi connectivity index (χ0) is 16.8. The van der Waals surface area contributed by atoms with Crippen LogP contribution in [-0.2, 0) is 0 Å². The number of rotatable bonds is 6. The molecule has 2 heterocycles. The van der Waals surface area contributed by atoms with Crippen LogP contribution in [0.3, 0.4) is 0 Å². The number of piperazine rings is 1. The lowest BCUT2D eigenvalue weighted by Gasteiger charge is -2.36. The summed E-state index contributed by atoms with van der Waals surface area (Å²) in [5.74, 6) is 0.703. The molecule has 0 saturated carbocycles. The molecule has 3 rings (SSSR count). The highest BCUT2D eigenvalue weighted by Gasteiger charge is 2.18. The molecule has 1 aliphatic rings. The molecule has 1 aromatic heterocycles. The molecule has 1 aliphatic heterocycles. The van der Waals surface area contributed by atoms with Gasteiger partial charge in [0, 0.05) is 38.9 Å². The van der Waals surface area contributed by atoms with E-state index in [0.717, 1.165) is 62.9 Å². The average Bonchev–Trinajstić information content (AvgIpc) is 2.60. The molecule has 0 spiro atoms. The van der Waals surface area contributed by atoms with Crippen molar-refractivity contribution in [2.45, 2.75) is 13.3 Å². The Morgan fingerprint density at radius 2 is 1.92 bits per heavy atom. The highest BCUT2D eigenvalue weighted by atomic mass is 19.1. The smallest absolute Gasteiger partial charge is 0.146 e. The van der Waals surface area contributed by atoms with Crippen molar-refractivity contribution in [2.75, 3.05) is 49.5 Å². The zero-order valence-corrected chi connectivity index (χ0v) is 14.1. The van der Waals surface area contributed by atoms with E-state index in [0.29, 0.717) is 0 Å². The van der Waals surface area contributed by atoms with Gasteiger partial charge in [-0.2, -0.15) is 0 Å². The predicted molar refractivity (Wildman–Crippen MR) is 94.9 cm³/mol. The Morgan fingerprint density at radius 1 is 1.12 bits per heavy atom. The molecule has 0 atom stereocenters. The lowest BCUT2D eigenvalue weighted by Crippen LogP contribution is -2.47. The molecule has 0 unspecified atom stereocenters. The Morgan fingerprint density at radius 3 is 2.67 bits per heavy atom. The minimum Gasteiger partial charge on any atom is -0.369 e. The minimum absolute atomic E-state index is 0.130. The number of benzene rings is 1. The van der Waals surface area contributed by atoms with Gasteiger partial charge >= 0.3 is 0 Å². The first-order valence-corrected chi connectivity index (χ1v) is 8.47. The maximum atomic E-state index is 13.8. The number of halogens is 1. The van der Waals surface area contributed by atoms with E-state index >= 15 is 0 Å². The number of aromatic nitrogens is 2. The maximum Gasteiger partial charge on any atom is 0.146 e. The fraction of sp³-hybridized carbons (Fsp3) is 0.444. The zero-order valence-electron chi connectivity index (χ0n) is 14.1. The van der Waals surface area contributed by atoms with Gasteiger partial charge < -0.3 is 10.2 Å². The summed E-state index contributed by atoms with van der Waals surface area (Å²) in [6.07, 6.45) is 4.55. The van der Waals surface area contributed by atoms with Gasteiger partial charge in [-0.05, 0) is 32.0 Å². The van der Waals surface area contributed by atoms with Gasteiger partial charge in [0.05, 0.1) is 17.6 Å². The van der Waals surface area contributed by atoms with E-state index in [1.807, 2.05) is 19.1 Å². The first kappa shape index (κ1) is 16.6. The molecule has 1 N–H and O–H groups in total. The summed E-state index contributed by atoms with van der Waals surface area (Å²) < 4.78 is 13.8. The number of anilines is 2. The summed E-state index contributed by atoms with van der Waals surface area (Å²) in [6.45, 7) is 7.54. The van der Waals surface area contributed by atoms with Crippen molar-refractivity contribution in [3.8, 4) is 0 Å².